The summed E-state index contributed by atoms with van der Waals surface area (Å²) in [6, 6.07) is 8.93. The van der Waals surface area contributed by atoms with Crippen molar-refractivity contribution in [2.24, 2.45) is 5.73 Å². The second-order valence-electron chi connectivity index (χ2n) is 3.83. The van der Waals surface area contributed by atoms with E-state index in [1.54, 1.807) is 29.6 Å². The molecular weight excluding hydrogens is 282 g/mol. The first-order valence-corrected chi connectivity index (χ1v) is 6.66. The molecule has 0 atom stereocenters. The summed E-state index contributed by atoms with van der Waals surface area (Å²) in [4.78, 5) is 12.0. The second kappa shape index (κ2) is 5.74. The molecule has 19 heavy (non-hydrogen) atoms. The van der Waals surface area contributed by atoms with Crippen LogP contribution in [0.15, 0.2) is 29.6 Å². The Labute approximate surface area is 119 Å². The minimum atomic E-state index is -0.430. The molecule has 1 aromatic heterocycles. The van der Waals surface area contributed by atoms with E-state index in [0.29, 0.717) is 22.7 Å². The van der Waals surface area contributed by atoms with Crippen molar-refractivity contribution < 1.29 is 4.79 Å². The Morgan fingerprint density at radius 1 is 1.47 bits per heavy atom. The number of hydrogen-bond acceptors (Lipinski definition) is 4. The summed E-state index contributed by atoms with van der Waals surface area (Å²) in [7, 11) is 0. The highest BCUT2D eigenvalue weighted by atomic mass is 35.5. The number of nitrogens with one attached hydrogen (secondary N) is 1. The molecule has 0 aliphatic carbocycles. The fourth-order valence-corrected chi connectivity index (χ4v) is 2.49. The number of thiophene rings is 1. The first kappa shape index (κ1) is 13.4. The number of anilines is 1. The highest BCUT2D eigenvalue weighted by molar-refractivity contribution is 7.10. The molecule has 0 saturated carbocycles. The van der Waals surface area contributed by atoms with Gasteiger partial charge in [-0.15, -0.1) is 11.3 Å². The molecule has 0 spiro atoms. The molecule has 0 radical (unpaired) electrons. The van der Waals surface area contributed by atoms with Crippen LogP contribution in [0.25, 0.3) is 0 Å². The van der Waals surface area contributed by atoms with Gasteiger partial charge >= 0.3 is 0 Å². The molecule has 0 aliphatic heterocycles. The average molecular weight is 292 g/mol. The number of primary amides is 1. The van der Waals surface area contributed by atoms with Gasteiger partial charge in [0, 0.05) is 22.5 Å². The fraction of sp³-hybridized carbons (Fsp3) is 0.0769. The molecule has 0 fully saturated rings. The lowest BCUT2D eigenvalue weighted by Gasteiger charge is -2.05. The monoisotopic (exact) mass is 291 g/mol. The number of halogens is 1. The molecule has 3 N–H and O–H groups in total. The van der Waals surface area contributed by atoms with Gasteiger partial charge in [-0.1, -0.05) is 11.6 Å². The fourth-order valence-electron chi connectivity index (χ4n) is 1.51. The first-order valence-electron chi connectivity index (χ1n) is 5.41. The highest BCUT2D eigenvalue weighted by Crippen LogP contribution is 2.21. The lowest BCUT2D eigenvalue weighted by molar-refractivity contribution is 0.100. The van der Waals surface area contributed by atoms with Crippen LogP contribution in [-0.2, 0) is 6.54 Å². The van der Waals surface area contributed by atoms with Gasteiger partial charge in [-0.3, -0.25) is 4.79 Å². The van der Waals surface area contributed by atoms with Crippen LogP contribution in [0.1, 0.15) is 20.8 Å². The molecule has 0 unspecified atom stereocenters. The summed E-state index contributed by atoms with van der Waals surface area (Å²) < 4.78 is 0. The highest BCUT2D eigenvalue weighted by Gasteiger charge is 2.05. The van der Waals surface area contributed by atoms with Gasteiger partial charge in [0.25, 0.3) is 0 Å². The van der Waals surface area contributed by atoms with Crippen molar-refractivity contribution in [3.63, 3.8) is 0 Å². The van der Waals surface area contributed by atoms with Crippen LogP contribution in [0, 0.1) is 11.3 Å². The van der Waals surface area contributed by atoms with Crippen molar-refractivity contribution in [1.82, 2.24) is 0 Å². The largest absolute Gasteiger partial charge is 0.380 e. The Kier molecular flexibility index (Phi) is 4.05. The van der Waals surface area contributed by atoms with E-state index in [4.69, 9.17) is 22.6 Å². The first-order chi connectivity index (χ1) is 9.10. The summed E-state index contributed by atoms with van der Waals surface area (Å²) in [6.45, 7) is 0.560. The standard InChI is InChI=1S/C13H10ClN3OS/c14-12-2-1-10(3-8(12)5-15)17-6-11-4-9(7-19-11)13(16)18/h1-4,7,17H,6H2,(H2,16,18). The number of amides is 1. The van der Waals surface area contributed by atoms with Crippen molar-refractivity contribution in [2.45, 2.75) is 6.54 Å². The number of carbonyl (C=O) groups excluding carboxylic acids is 1. The van der Waals surface area contributed by atoms with Gasteiger partial charge in [0.15, 0.2) is 0 Å². The molecule has 2 aromatic rings. The van der Waals surface area contributed by atoms with Crippen molar-refractivity contribution in [2.75, 3.05) is 5.32 Å². The lowest BCUT2D eigenvalue weighted by atomic mass is 10.2. The third kappa shape index (κ3) is 3.25. The molecular formula is C13H10ClN3OS. The molecule has 1 amide bonds. The number of carbonyl (C=O) groups is 1. The number of nitrogens with two attached hydrogens (primary N) is 1. The SMILES string of the molecule is N#Cc1cc(NCc2cc(C(N)=O)cs2)ccc1Cl. The topological polar surface area (TPSA) is 78.9 Å². The van der Waals surface area contributed by atoms with Gasteiger partial charge in [0.05, 0.1) is 16.1 Å². The number of hydrogen-bond donors (Lipinski definition) is 2. The summed E-state index contributed by atoms with van der Waals surface area (Å²) >= 11 is 7.31. The Bertz CT molecular complexity index is 660. The van der Waals surface area contributed by atoms with Crippen LogP contribution in [0.3, 0.4) is 0 Å². The Balaban J connectivity index is 2.06. The Morgan fingerprint density at radius 3 is 2.89 bits per heavy atom. The minimum Gasteiger partial charge on any atom is -0.380 e. The van der Waals surface area contributed by atoms with Crippen molar-refractivity contribution in [3.05, 3.63) is 50.7 Å². The van der Waals surface area contributed by atoms with Gasteiger partial charge in [0.2, 0.25) is 5.91 Å². The minimum absolute atomic E-state index is 0.427. The van der Waals surface area contributed by atoms with Crippen LogP contribution in [0.5, 0.6) is 0 Å². The number of rotatable bonds is 4. The van der Waals surface area contributed by atoms with Gasteiger partial charge < -0.3 is 11.1 Å². The zero-order chi connectivity index (χ0) is 13.8. The predicted octanol–water partition coefficient (Wildman–Crippen LogP) is 2.98. The van der Waals surface area contributed by atoms with Gasteiger partial charge in [-0.05, 0) is 24.3 Å². The van der Waals surface area contributed by atoms with Crippen LogP contribution < -0.4 is 11.1 Å². The zero-order valence-electron chi connectivity index (χ0n) is 9.81. The van der Waals surface area contributed by atoms with Crippen molar-refractivity contribution >= 4 is 34.5 Å². The maximum atomic E-state index is 11.0. The van der Waals surface area contributed by atoms with E-state index in [1.165, 1.54) is 11.3 Å². The van der Waals surface area contributed by atoms with Gasteiger partial charge in [-0.2, -0.15) is 5.26 Å². The quantitative estimate of drug-likeness (QED) is 0.909. The van der Waals surface area contributed by atoms with E-state index in [-0.39, 0.29) is 0 Å². The number of nitriles is 1. The smallest absolute Gasteiger partial charge is 0.249 e. The molecule has 4 nitrogen and oxygen atoms in total. The van der Waals surface area contributed by atoms with E-state index in [0.717, 1.165) is 10.6 Å². The van der Waals surface area contributed by atoms with E-state index < -0.39 is 5.91 Å². The van der Waals surface area contributed by atoms with Gasteiger partial charge in [-0.25, -0.2) is 0 Å². The van der Waals surface area contributed by atoms with Crippen LogP contribution in [-0.4, -0.2) is 5.91 Å². The predicted molar refractivity (Wildman–Crippen MR) is 76.3 cm³/mol. The van der Waals surface area contributed by atoms with Gasteiger partial charge in [0.1, 0.15) is 6.07 Å². The summed E-state index contributed by atoms with van der Waals surface area (Å²) in [6.07, 6.45) is 0. The Morgan fingerprint density at radius 2 is 2.26 bits per heavy atom. The normalized spacial score (nSPS) is 9.89. The third-order valence-electron chi connectivity index (χ3n) is 2.49. The van der Waals surface area contributed by atoms with Crippen LogP contribution in [0.2, 0.25) is 5.02 Å². The average Bonchev–Trinajstić information content (AvgIpc) is 2.87. The van der Waals surface area contributed by atoms with E-state index in [9.17, 15) is 4.79 Å². The maximum absolute atomic E-state index is 11.0. The van der Waals surface area contributed by atoms with E-state index >= 15 is 0 Å². The summed E-state index contributed by atoms with van der Waals surface area (Å²) in [5, 5.41) is 14.2. The molecule has 1 aromatic carbocycles. The summed E-state index contributed by atoms with van der Waals surface area (Å²) in [5.41, 5.74) is 6.92. The van der Waals surface area contributed by atoms with Crippen LogP contribution >= 0.6 is 22.9 Å². The molecule has 0 saturated heterocycles. The molecule has 0 aliphatic rings. The molecule has 6 heteroatoms. The molecule has 96 valence electrons. The third-order valence-corrected chi connectivity index (χ3v) is 3.76. The second-order valence-corrected chi connectivity index (χ2v) is 5.23. The molecule has 1 heterocycles. The number of nitrogens with zero attached hydrogens (tertiary/aromatic N) is 1. The van der Waals surface area contributed by atoms with Crippen molar-refractivity contribution in [1.29, 1.82) is 5.26 Å². The zero-order valence-corrected chi connectivity index (χ0v) is 11.4. The van der Waals surface area contributed by atoms with Crippen molar-refractivity contribution in [3.8, 4) is 6.07 Å². The Hall–Kier alpha value is -2.03. The van der Waals surface area contributed by atoms with Crippen LogP contribution in [0.4, 0.5) is 5.69 Å². The van der Waals surface area contributed by atoms with E-state index in [1.807, 2.05) is 6.07 Å². The lowest BCUT2D eigenvalue weighted by Crippen LogP contribution is -2.09. The van der Waals surface area contributed by atoms with E-state index in [2.05, 4.69) is 5.32 Å². The maximum Gasteiger partial charge on any atom is 0.249 e. The molecule has 2 rings (SSSR count). The number of benzene rings is 1. The molecule has 0 bridgehead atoms. The summed E-state index contributed by atoms with van der Waals surface area (Å²) in [5.74, 6) is -0.430.